The predicted octanol–water partition coefficient (Wildman–Crippen LogP) is 5.36. The van der Waals surface area contributed by atoms with Crippen LogP contribution in [-0.4, -0.2) is 17.5 Å². The topological polar surface area (TPSA) is 0 Å². The molecule has 15 heavy (non-hydrogen) atoms. The van der Waals surface area contributed by atoms with Crippen LogP contribution in [0.25, 0.3) is 0 Å². The highest BCUT2D eigenvalue weighted by molar-refractivity contribution is 7.59. The Labute approximate surface area is 99.0 Å². The summed E-state index contributed by atoms with van der Waals surface area (Å²) in [5.41, 5.74) is 0.953. The predicted molar refractivity (Wildman–Crippen MR) is 75.3 cm³/mol. The lowest BCUT2D eigenvalue weighted by atomic mass is 10.00. The summed E-state index contributed by atoms with van der Waals surface area (Å²) in [7, 11) is 0.122. The van der Waals surface area contributed by atoms with Gasteiger partial charge >= 0.3 is 0 Å². The van der Waals surface area contributed by atoms with Gasteiger partial charge in [-0.15, -0.1) is 7.92 Å². The van der Waals surface area contributed by atoms with Crippen molar-refractivity contribution < 1.29 is 0 Å². The molecular formula is C14H31P. The molecule has 92 valence electrons. The Hall–Kier alpha value is 0.430. The van der Waals surface area contributed by atoms with Crippen LogP contribution in [0.2, 0.25) is 0 Å². The van der Waals surface area contributed by atoms with Gasteiger partial charge in [0, 0.05) is 0 Å². The van der Waals surface area contributed by atoms with Crippen LogP contribution in [0.15, 0.2) is 0 Å². The molecule has 0 fully saturated rings. The zero-order chi connectivity index (χ0) is 12.5. The van der Waals surface area contributed by atoms with Crippen molar-refractivity contribution in [3.63, 3.8) is 0 Å². The summed E-state index contributed by atoms with van der Waals surface area (Å²) in [6, 6.07) is 0. The molecule has 0 unspecified atom stereocenters. The Balaban J connectivity index is 4.62. The summed E-state index contributed by atoms with van der Waals surface area (Å²) < 4.78 is 0. The molecule has 0 heterocycles. The van der Waals surface area contributed by atoms with Gasteiger partial charge in [-0.3, -0.25) is 0 Å². The summed E-state index contributed by atoms with van der Waals surface area (Å²) in [4.78, 5) is 0. The SMILES string of the molecule is CC(C)(C)CP(CC(C)(C)C)C(C)(C)C. The standard InChI is InChI=1S/C14H31P/c1-12(2,3)10-15(14(7,8)9)11-13(4,5)6/h10-11H2,1-9H3. The van der Waals surface area contributed by atoms with Crippen LogP contribution in [0.4, 0.5) is 0 Å². The van der Waals surface area contributed by atoms with E-state index in [-0.39, 0.29) is 7.92 Å². The molecule has 0 saturated carbocycles. The van der Waals surface area contributed by atoms with E-state index in [1.807, 2.05) is 0 Å². The molecule has 0 aliphatic rings. The van der Waals surface area contributed by atoms with Gasteiger partial charge in [-0.25, -0.2) is 0 Å². The summed E-state index contributed by atoms with van der Waals surface area (Å²) in [6.45, 7) is 21.5. The van der Waals surface area contributed by atoms with Gasteiger partial charge in [-0.2, -0.15) is 0 Å². The van der Waals surface area contributed by atoms with Crippen LogP contribution in [0, 0.1) is 10.8 Å². The Morgan fingerprint density at radius 1 is 0.600 bits per heavy atom. The smallest absolute Gasteiger partial charge is 0.0179 e. The average Bonchev–Trinajstić information content (AvgIpc) is 1.75. The normalized spacial score (nSPS) is 14.8. The first kappa shape index (κ1) is 15.4. The highest BCUT2D eigenvalue weighted by Gasteiger charge is 2.31. The molecular weight excluding hydrogens is 199 g/mol. The molecule has 0 spiro atoms. The Bertz CT molecular complexity index is 169. The van der Waals surface area contributed by atoms with E-state index in [9.17, 15) is 0 Å². The molecule has 0 amide bonds. The van der Waals surface area contributed by atoms with Crippen molar-refractivity contribution in [3.8, 4) is 0 Å². The van der Waals surface area contributed by atoms with Crippen molar-refractivity contribution >= 4 is 7.92 Å². The maximum absolute atomic E-state index is 2.41. The van der Waals surface area contributed by atoms with Gasteiger partial charge in [0.05, 0.1) is 0 Å². The van der Waals surface area contributed by atoms with Crippen LogP contribution in [0.5, 0.6) is 0 Å². The zero-order valence-electron chi connectivity index (χ0n) is 12.4. The Morgan fingerprint density at radius 2 is 0.867 bits per heavy atom. The molecule has 0 bridgehead atoms. The summed E-state index contributed by atoms with van der Waals surface area (Å²) >= 11 is 0. The Morgan fingerprint density at radius 3 is 1.00 bits per heavy atom. The zero-order valence-corrected chi connectivity index (χ0v) is 13.3. The van der Waals surface area contributed by atoms with E-state index in [0.717, 1.165) is 0 Å². The first-order valence-corrected chi connectivity index (χ1v) is 7.78. The van der Waals surface area contributed by atoms with E-state index < -0.39 is 0 Å². The number of hydrogen-bond donors (Lipinski definition) is 0. The minimum absolute atomic E-state index is 0.122. The van der Waals surface area contributed by atoms with E-state index in [1.165, 1.54) is 12.3 Å². The molecule has 0 radical (unpaired) electrons. The van der Waals surface area contributed by atoms with Crippen LogP contribution < -0.4 is 0 Å². The van der Waals surface area contributed by atoms with Gasteiger partial charge in [0.25, 0.3) is 0 Å². The fourth-order valence-corrected chi connectivity index (χ4v) is 5.03. The second-order valence-corrected chi connectivity index (χ2v) is 11.2. The number of rotatable bonds is 2. The van der Waals surface area contributed by atoms with E-state index in [2.05, 4.69) is 62.3 Å². The summed E-state index contributed by atoms with van der Waals surface area (Å²) in [5.74, 6) is 0. The lowest BCUT2D eigenvalue weighted by Crippen LogP contribution is -2.26. The highest BCUT2D eigenvalue weighted by Crippen LogP contribution is 2.55. The molecule has 0 rings (SSSR count). The van der Waals surface area contributed by atoms with E-state index in [0.29, 0.717) is 16.0 Å². The summed E-state index contributed by atoms with van der Waals surface area (Å²) in [6.07, 6.45) is 2.78. The van der Waals surface area contributed by atoms with E-state index in [1.54, 1.807) is 0 Å². The first-order valence-electron chi connectivity index (χ1n) is 6.06. The minimum Gasteiger partial charge on any atom is -0.100 e. The van der Waals surface area contributed by atoms with E-state index in [4.69, 9.17) is 0 Å². The Kier molecular flexibility index (Phi) is 4.88. The third-order valence-electron chi connectivity index (χ3n) is 2.28. The average molecular weight is 230 g/mol. The molecule has 0 aromatic rings. The largest absolute Gasteiger partial charge is 0.100 e. The molecule has 1 heteroatoms. The maximum atomic E-state index is 2.41. The molecule has 0 aliphatic heterocycles. The molecule has 0 atom stereocenters. The van der Waals surface area contributed by atoms with Crippen LogP contribution >= 0.6 is 7.92 Å². The molecule has 0 nitrogen and oxygen atoms in total. The van der Waals surface area contributed by atoms with Crippen molar-refractivity contribution in [2.45, 2.75) is 67.5 Å². The lowest BCUT2D eigenvalue weighted by molar-refractivity contribution is 0.452. The highest BCUT2D eigenvalue weighted by atomic mass is 31.1. The van der Waals surface area contributed by atoms with Gasteiger partial charge in [-0.05, 0) is 28.3 Å². The van der Waals surface area contributed by atoms with Crippen molar-refractivity contribution in [2.24, 2.45) is 10.8 Å². The molecule has 0 aromatic carbocycles. The molecule has 0 N–H and O–H groups in total. The van der Waals surface area contributed by atoms with Crippen LogP contribution in [-0.2, 0) is 0 Å². The number of hydrogen-bond acceptors (Lipinski definition) is 0. The quantitative estimate of drug-likeness (QED) is 0.560. The molecule has 0 aliphatic carbocycles. The second kappa shape index (κ2) is 4.74. The van der Waals surface area contributed by atoms with Crippen molar-refractivity contribution in [1.29, 1.82) is 0 Å². The van der Waals surface area contributed by atoms with Gasteiger partial charge in [0.2, 0.25) is 0 Å². The van der Waals surface area contributed by atoms with Gasteiger partial charge < -0.3 is 0 Å². The second-order valence-electron chi connectivity index (χ2n) is 8.15. The maximum Gasteiger partial charge on any atom is -0.0179 e. The fourth-order valence-electron chi connectivity index (χ4n) is 1.68. The fraction of sp³-hybridized carbons (Fsp3) is 1.00. The van der Waals surface area contributed by atoms with Gasteiger partial charge in [0.1, 0.15) is 0 Å². The summed E-state index contributed by atoms with van der Waals surface area (Å²) in [5, 5.41) is 0.496. The van der Waals surface area contributed by atoms with E-state index >= 15 is 0 Å². The monoisotopic (exact) mass is 230 g/mol. The molecule has 0 aromatic heterocycles. The first-order chi connectivity index (χ1) is 6.31. The third kappa shape index (κ3) is 8.26. The third-order valence-corrected chi connectivity index (χ3v) is 6.84. The molecule has 0 saturated heterocycles. The van der Waals surface area contributed by atoms with Crippen molar-refractivity contribution in [2.75, 3.05) is 12.3 Å². The minimum atomic E-state index is 0.122. The van der Waals surface area contributed by atoms with Crippen LogP contribution in [0.3, 0.4) is 0 Å². The van der Waals surface area contributed by atoms with Gasteiger partial charge in [-0.1, -0.05) is 62.3 Å². The van der Waals surface area contributed by atoms with Crippen molar-refractivity contribution in [1.82, 2.24) is 0 Å². The lowest BCUT2D eigenvalue weighted by Gasteiger charge is -2.40. The van der Waals surface area contributed by atoms with Crippen molar-refractivity contribution in [3.05, 3.63) is 0 Å². The van der Waals surface area contributed by atoms with Gasteiger partial charge in [0.15, 0.2) is 0 Å². The van der Waals surface area contributed by atoms with Crippen LogP contribution in [0.1, 0.15) is 62.3 Å².